The Kier molecular flexibility index (Phi) is 5.07. The zero-order valence-corrected chi connectivity index (χ0v) is 17.5. The van der Waals surface area contributed by atoms with Crippen molar-refractivity contribution >= 4 is 33.1 Å². The minimum Gasteiger partial charge on any atom is -0.453 e. The van der Waals surface area contributed by atoms with Gasteiger partial charge in [-0.2, -0.15) is 0 Å². The van der Waals surface area contributed by atoms with Gasteiger partial charge < -0.3 is 9.14 Å². The Hall–Kier alpha value is -3.20. The van der Waals surface area contributed by atoms with Gasteiger partial charge in [0, 0.05) is 24.0 Å². The first-order chi connectivity index (χ1) is 14.3. The lowest BCUT2D eigenvalue weighted by atomic mass is 10.1. The molecule has 0 saturated carbocycles. The number of carbonyl (C=O) groups is 2. The molecule has 30 heavy (non-hydrogen) atoms. The number of aromatic nitrogens is 2. The van der Waals surface area contributed by atoms with Crippen LogP contribution >= 0.6 is 0 Å². The maximum absolute atomic E-state index is 12.5. The lowest BCUT2D eigenvalue weighted by Crippen LogP contribution is -2.30. The van der Waals surface area contributed by atoms with Gasteiger partial charge in [-0.15, -0.1) is 0 Å². The fourth-order valence-corrected chi connectivity index (χ4v) is 4.68. The third-order valence-corrected chi connectivity index (χ3v) is 6.97. The second-order valence-electron chi connectivity index (χ2n) is 7.09. The van der Waals surface area contributed by atoms with Crippen LogP contribution in [0, 0.1) is 6.92 Å². The molecule has 0 radical (unpaired) electrons. The maximum atomic E-state index is 12.5. The summed E-state index contributed by atoms with van der Waals surface area (Å²) in [6.07, 6.45) is 2.12. The molecule has 1 aliphatic heterocycles. The van der Waals surface area contributed by atoms with Crippen LogP contribution < -0.4 is 4.31 Å². The number of benzene rings is 1. The van der Waals surface area contributed by atoms with Crippen molar-refractivity contribution in [1.82, 2.24) is 9.38 Å². The van der Waals surface area contributed by atoms with Gasteiger partial charge in [-0.1, -0.05) is 6.07 Å². The Morgan fingerprint density at radius 1 is 1.20 bits per heavy atom. The smallest absolute Gasteiger partial charge is 0.359 e. The average Bonchev–Trinajstić information content (AvgIpc) is 3.36. The van der Waals surface area contributed by atoms with Crippen molar-refractivity contribution in [3.63, 3.8) is 0 Å². The van der Waals surface area contributed by atoms with E-state index in [2.05, 4.69) is 4.98 Å². The summed E-state index contributed by atoms with van der Waals surface area (Å²) in [5.74, 6) is -1.01. The molecule has 3 heterocycles. The zero-order valence-electron chi connectivity index (χ0n) is 16.7. The second-order valence-corrected chi connectivity index (χ2v) is 9.27. The first-order valence-corrected chi connectivity index (χ1v) is 11.2. The predicted octanol–water partition coefficient (Wildman–Crippen LogP) is 2.39. The highest BCUT2D eigenvalue weighted by molar-refractivity contribution is 7.92. The standard InChI is InChI=1S/C21H21N3O5S/c1-3-30(27,28)24-10-9-15-11-16(7-8-18(15)24)19(25)13-29-21(26)17-12-23-14(2)5-4-6-20(23)22-17/h4-8,11-12H,3,9-10,13H2,1-2H3. The van der Waals surface area contributed by atoms with Crippen LogP contribution in [-0.4, -0.2) is 48.5 Å². The normalized spacial score (nSPS) is 13.5. The zero-order chi connectivity index (χ0) is 21.5. The Bertz CT molecular complexity index is 1260. The van der Waals surface area contributed by atoms with Crippen LogP contribution in [0.3, 0.4) is 0 Å². The molecule has 0 spiro atoms. The first-order valence-electron chi connectivity index (χ1n) is 9.58. The number of Topliss-reactive ketones (excluding diaryl/α,β-unsaturated/α-hetero) is 1. The molecule has 0 aliphatic carbocycles. The number of rotatable bonds is 6. The highest BCUT2D eigenvalue weighted by Crippen LogP contribution is 2.31. The quantitative estimate of drug-likeness (QED) is 0.443. The van der Waals surface area contributed by atoms with Gasteiger partial charge in [0.2, 0.25) is 10.0 Å². The van der Waals surface area contributed by atoms with Crippen LogP contribution in [0.5, 0.6) is 0 Å². The van der Waals surface area contributed by atoms with Crippen LogP contribution in [0.1, 0.15) is 39.0 Å². The van der Waals surface area contributed by atoms with E-state index in [0.717, 1.165) is 11.3 Å². The predicted molar refractivity (Wildman–Crippen MR) is 111 cm³/mol. The number of nitrogens with zero attached hydrogens (tertiary/aromatic N) is 3. The van der Waals surface area contributed by atoms with E-state index < -0.39 is 22.6 Å². The van der Waals surface area contributed by atoms with Crippen molar-refractivity contribution in [2.24, 2.45) is 0 Å². The molecule has 0 fully saturated rings. The molecule has 0 bridgehead atoms. The molecule has 2 aromatic heterocycles. The minimum absolute atomic E-state index is 0.0195. The SMILES string of the molecule is CCS(=O)(=O)N1CCc2cc(C(=O)COC(=O)c3cn4c(C)cccc4n3)ccc21. The van der Waals surface area contributed by atoms with Gasteiger partial charge in [0.25, 0.3) is 0 Å². The molecule has 1 aromatic carbocycles. The van der Waals surface area contributed by atoms with E-state index in [1.807, 2.05) is 19.1 Å². The van der Waals surface area contributed by atoms with Crippen LogP contribution in [0.25, 0.3) is 5.65 Å². The number of aryl methyl sites for hydroxylation is 1. The third-order valence-electron chi connectivity index (χ3n) is 5.19. The maximum Gasteiger partial charge on any atom is 0.359 e. The minimum atomic E-state index is -3.34. The van der Waals surface area contributed by atoms with Crippen LogP contribution in [0.2, 0.25) is 0 Å². The largest absolute Gasteiger partial charge is 0.453 e. The van der Waals surface area contributed by atoms with Crippen molar-refractivity contribution in [3.8, 4) is 0 Å². The molecule has 3 aromatic rings. The molecule has 0 atom stereocenters. The Labute approximate surface area is 174 Å². The van der Waals surface area contributed by atoms with Crippen molar-refractivity contribution in [2.75, 3.05) is 23.2 Å². The number of hydrogen-bond donors (Lipinski definition) is 0. The molecule has 1 aliphatic rings. The summed E-state index contributed by atoms with van der Waals surface area (Å²) < 4.78 is 32.7. The van der Waals surface area contributed by atoms with E-state index in [-0.39, 0.29) is 17.2 Å². The molecule has 0 N–H and O–H groups in total. The number of fused-ring (bicyclic) bond motifs is 2. The number of hydrogen-bond acceptors (Lipinski definition) is 6. The number of anilines is 1. The van der Waals surface area contributed by atoms with Crippen LogP contribution in [0.4, 0.5) is 5.69 Å². The number of pyridine rings is 1. The molecule has 9 heteroatoms. The van der Waals surface area contributed by atoms with Crippen molar-refractivity contribution in [2.45, 2.75) is 20.3 Å². The third kappa shape index (κ3) is 3.56. The van der Waals surface area contributed by atoms with E-state index in [9.17, 15) is 18.0 Å². The molecular weight excluding hydrogens is 406 g/mol. The van der Waals surface area contributed by atoms with E-state index in [1.54, 1.807) is 41.8 Å². The van der Waals surface area contributed by atoms with E-state index >= 15 is 0 Å². The lowest BCUT2D eigenvalue weighted by molar-refractivity contribution is 0.0469. The monoisotopic (exact) mass is 427 g/mol. The molecule has 156 valence electrons. The summed E-state index contributed by atoms with van der Waals surface area (Å²) in [6.45, 7) is 3.45. The summed E-state index contributed by atoms with van der Waals surface area (Å²) >= 11 is 0. The molecule has 4 rings (SSSR count). The Balaban J connectivity index is 1.45. The second kappa shape index (κ2) is 7.56. The number of ketones is 1. The van der Waals surface area contributed by atoms with Crippen molar-refractivity contribution in [1.29, 1.82) is 0 Å². The molecule has 0 unspecified atom stereocenters. The summed E-state index contributed by atoms with van der Waals surface area (Å²) in [7, 11) is -3.34. The summed E-state index contributed by atoms with van der Waals surface area (Å²) in [6, 6.07) is 10.4. The van der Waals surface area contributed by atoms with Crippen molar-refractivity contribution in [3.05, 3.63) is 65.1 Å². The van der Waals surface area contributed by atoms with E-state index in [0.29, 0.717) is 29.9 Å². The number of sulfonamides is 1. The number of imidazole rings is 1. The number of ether oxygens (including phenoxy) is 1. The summed E-state index contributed by atoms with van der Waals surface area (Å²) in [5.41, 5.74) is 3.45. The van der Waals surface area contributed by atoms with Gasteiger partial charge in [0.15, 0.2) is 18.1 Å². The lowest BCUT2D eigenvalue weighted by Gasteiger charge is -2.18. The molecule has 8 nitrogen and oxygen atoms in total. The van der Waals surface area contributed by atoms with Gasteiger partial charge in [0.05, 0.1) is 11.4 Å². The van der Waals surface area contributed by atoms with Gasteiger partial charge in [-0.05, 0) is 56.2 Å². The fourth-order valence-electron chi connectivity index (χ4n) is 3.52. The Morgan fingerprint density at radius 3 is 2.73 bits per heavy atom. The number of esters is 1. The van der Waals surface area contributed by atoms with Gasteiger partial charge in [-0.3, -0.25) is 9.10 Å². The van der Waals surface area contributed by atoms with Crippen LogP contribution in [-0.2, 0) is 21.2 Å². The highest BCUT2D eigenvalue weighted by atomic mass is 32.2. The summed E-state index contributed by atoms with van der Waals surface area (Å²) in [5, 5.41) is 0. The fraction of sp³-hybridized carbons (Fsp3) is 0.286. The number of carbonyl (C=O) groups excluding carboxylic acids is 2. The van der Waals surface area contributed by atoms with E-state index in [4.69, 9.17) is 4.74 Å². The van der Waals surface area contributed by atoms with Crippen molar-refractivity contribution < 1.29 is 22.7 Å². The van der Waals surface area contributed by atoms with E-state index in [1.165, 1.54) is 4.31 Å². The highest BCUT2D eigenvalue weighted by Gasteiger charge is 2.28. The van der Waals surface area contributed by atoms with Gasteiger partial charge in [0.1, 0.15) is 5.65 Å². The average molecular weight is 427 g/mol. The summed E-state index contributed by atoms with van der Waals surface area (Å²) in [4.78, 5) is 29.0. The Morgan fingerprint density at radius 2 is 2.00 bits per heavy atom. The molecule has 0 saturated heterocycles. The molecular formula is C21H21N3O5S. The first kappa shape index (κ1) is 20.1. The van der Waals surface area contributed by atoms with Gasteiger partial charge >= 0.3 is 5.97 Å². The van der Waals surface area contributed by atoms with Crippen LogP contribution in [0.15, 0.2) is 42.6 Å². The molecule has 0 amide bonds. The topological polar surface area (TPSA) is 98.0 Å². The van der Waals surface area contributed by atoms with Gasteiger partial charge in [-0.25, -0.2) is 18.2 Å².